The summed E-state index contributed by atoms with van der Waals surface area (Å²) in [6.07, 6.45) is 1.67. The number of halogens is 1. The van der Waals surface area contributed by atoms with Gasteiger partial charge in [0.1, 0.15) is 5.82 Å². The van der Waals surface area contributed by atoms with Crippen LogP contribution < -0.4 is 10.8 Å². The third-order valence-electron chi connectivity index (χ3n) is 5.15. The van der Waals surface area contributed by atoms with Crippen molar-refractivity contribution in [1.82, 2.24) is 15.7 Å². The first-order valence-electron chi connectivity index (χ1n) is 8.88. The van der Waals surface area contributed by atoms with Gasteiger partial charge in [0.2, 0.25) is 5.91 Å². The molecule has 142 valence electrons. The number of benzene rings is 1. The Hall–Kier alpha value is -2.29. The Morgan fingerprint density at radius 1 is 1.30 bits per heavy atom. The summed E-state index contributed by atoms with van der Waals surface area (Å²) in [5.41, 5.74) is 3.71. The van der Waals surface area contributed by atoms with Crippen molar-refractivity contribution in [2.75, 3.05) is 13.1 Å². The second kappa shape index (κ2) is 7.38. The highest BCUT2D eigenvalue weighted by Crippen LogP contribution is 2.40. The number of thiophene rings is 1. The van der Waals surface area contributed by atoms with Crippen molar-refractivity contribution in [3.05, 3.63) is 57.0 Å². The molecule has 0 bridgehead atoms. The molecule has 1 aliphatic heterocycles. The fourth-order valence-corrected chi connectivity index (χ4v) is 4.60. The van der Waals surface area contributed by atoms with E-state index in [-0.39, 0.29) is 24.3 Å². The molecule has 2 aromatic rings. The van der Waals surface area contributed by atoms with Crippen molar-refractivity contribution in [2.24, 2.45) is 0 Å². The summed E-state index contributed by atoms with van der Waals surface area (Å²) in [5.74, 6) is -0.390. The number of nitrogens with one attached hydrogen (secondary N) is 2. The van der Waals surface area contributed by atoms with Crippen LogP contribution in [-0.4, -0.2) is 41.1 Å². The maximum atomic E-state index is 13.0. The quantitative estimate of drug-likeness (QED) is 0.540. The molecule has 2 heterocycles. The SMILES string of the molecule is O=C(NO)c1cc2c(s1)CCN(C(=O)CN[C@H]1C[C@@H]1c1ccc(F)cc1)C2. The normalized spacial score (nSPS) is 20.9. The Balaban J connectivity index is 1.29. The summed E-state index contributed by atoms with van der Waals surface area (Å²) >= 11 is 1.36. The van der Waals surface area contributed by atoms with Crippen molar-refractivity contribution < 1.29 is 19.2 Å². The third kappa shape index (κ3) is 3.87. The van der Waals surface area contributed by atoms with Crippen LogP contribution in [0.15, 0.2) is 30.3 Å². The molecule has 0 saturated heterocycles. The highest BCUT2D eigenvalue weighted by Gasteiger charge is 2.38. The Kier molecular flexibility index (Phi) is 4.94. The van der Waals surface area contributed by atoms with E-state index in [0.717, 1.165) is 22.4 Å². The number of carbonyl (C=O) groups is 2. The molecule has 6 nitrogen and oxygen atoms in total. The van der Waals surface area contributed by atoms with E-state index in [4.69, 9.17) is 5.21 Å². The minimum Gasteiger partial charge on any atom is -0.337 e. The summed E-state index contributed by atoms with van der Waals surface area (Å²) in [7, 11) is 0. The maximum absolute atomic E-state index is 13.0. The van der Waals surface area contributed by atoms with Crippen LogP contribution in [0.2, 0.25) is 0 Å². The predicted molar refractivity (Wildman–Crippen MR) is 98.2 cm³/mol. The summed E-state index contributed by atoms with van der Waals surface area (Å²) in [6, 6.07) is 8.52. The molecule has 1 aliphatic carbocycles. The minimum absolute atomic E-state index is 0.0322. The van der Waals surface area contributed by atoms with Crippen LogP contribution >= 0.6 is 11.3 Å². The Bertz CT molecular complexity index is 868. The molecular formula is C19H20FN3O3S. The minimum atomic E-state index is -0.519. The van der Waals surface area contributed by atoms with E-state index >= 15 is 0 Å². The van der Waals surface area contributed by atoms with Crippen LogP contribution in [0.3, 0.4) is 0 Å². The number of amides is 2. The van der Waals surface area contributed by atoms with Crippen LogP contribution in [0.5, 0.6) is 0 Å². The van der Waals surface area contributed by atoms with E-state index in [9.17, 15) is 14.0 Å². The monoisotopic (exact) mass is 389 g/mol. The fraction of sp³-hybridized carbons (Fsp3) is 0.368. The average Bonchev–Trinajstić information content (AvgIpc) is 3.33. The first-order valence-corrected chi connectivity index (χ1v) is 9.69. The Labute approximate surface area is 159 Å². The zero-order valence-corrected chi connectivity index (χ0v) is 15.4. The van der Waals surface area contributed by atoms with Gasteiger partial charge in [-0.3, -0.25) is 14.8 Å². The second-order valence-corrected chi connectivity index (χ2v) is 8.08. The topological polar surface area (TPSA) is 81.7 Å². The van der Waals surface area contributed by atoms with Crippen LogP contribution in [0.25, 0.3) is 0 Å². The largest absolute Gasteiger partial charge is 0.337 e. The van der Waals surface area contributed by atoms with Gasteiger partial charge in [-0.1, -0.05) is 12.1 Å². The molecule has 2 aliphatic rings. The van der Waals surface area contributed by atoms with E-state index in [1.54, 1.807) is 28.6 Å². The first-order chi connectivity index (χ1) is 13.0. The Morgan fingerprint density at radius 2 is 2.07 bits per heavy atom. The zero-order valence-electron chi connectivity index (χ0n) is 14.6. The predicted octanol–water partition coefficient (Wildman–Crippen LogP) is 2.04. The molecule has 27 heavy (non-hydrogen) atoms. The lowest BCUT2D eigenvalue weighted by molar-refractivity contribution is -0.131. The number of hydrogen-bond donors (Lipinski definition) is 3. The van der Waals surface area contributed by atoms with Crippen LogP contribution in [0.1, 0.15) is 38.0 Å². The van der Waals surface area contributed by atoms with Gasteiger partial charge in [-0.05, 0) is 42.2 Å². The molecule has 1 fully saturated rings. The van der Waals surface area contributed by atoms with E-state index in [0.29, 0.717) is 30.3 Å². The van der Waals surface area contributed by atoms with E-state index < -0.39 is 5.91 Å². The molecule has 1 saturated carbocycles. The number of rotatable bonds is 5. The summed E-state index contributed by atoms with van der Waals surface area (Å²) in [5, 5.41) is 12.0. The molecule has 2 amide bonds. The molecule has 3 N–H and O–H groups in total. The van der Waals surface area contributed by atoms with Gasteiger partial charge >= 0.3 is 0 Å². The van der Waals surface area contributed by atoms with E-state index in [1.165, 1.54) is 23.5 Å². The number of hydroxylamine groups is 1. The van der Waals surface area contributed by atoms with Gasteiger partial charge in [0.15, 0.2) is 0 Å². The standard InChI is InChI=1S/C19H20FN3O3S/c20-13-3-1-11(2-4-13)14-8-15(14)21-9-18(24)23-6-5-16-12(10-23)7-17(27-16)19(25)22-26/h1-4,7,14-15,21,26H,5-6,8-10H2,(H,22,25)/t14-,15+/m1/s1. The van der Waals surface area contributed by atoms with Crippen molar-refractivity contribution >= 4 is 23.2 Å². The molecule has 0 unspecified atom stereocenters. The maximum Gasteiger partial charge on any atom is 0.284 e. The third-order valence-corrected chi connectivity index (χ3v) is 6.38. The van der Waals surface area contributed by atoms with Gasteiger partial charge in [0.25, 0.3) is 5.91 Å². The lowest BCUT2D eigenvalue weighted by atomic mass is 10.1. The number of fused-ring (bicyclic) bond motifs is 1. The molecular weight excluding hydrogens is 369 g/mol. The number of carbonyl (C=O) groups excluding carboxylic acids is 2. The van der Waals surface area contributed by atoms with Gasteiger partial charge in [0.05, 0.1) is 11.4 Å². The first kappa shape index (κ1) is 18.1. The molecule has 0 spiro atoms. The van der Waals surface area contributed by atoms with Crippen LogP contribution in [-0.2, 0) is 17.8 Å². The fourth-order valence-electron chi connectivity index (χ4n) is 3.54. The lowest BCUT2D eigenvalue weighted by Gasteiger charge is -2.27. The summed E-state index contributed by atoms with van der Waals surface area (Å²) in [4.78, 5) is 27.4. The van der Waals surface area contributed by atoms with E-state index in [1.807, 2.05) is 0 Å². The summed E-state index contributed by atoms with van der Waals surface area (Å²) in [6.45, 7) is 1.38. The van der Waals surface area contributed by atoms with Gasteiger partial charge in [0, 0.05) is 29.9 Å². The lowest BCUT2D eigenvalue weighted by Crippen LogP contribution is -2.41. The highest BCUT2D eigenvalue weighted by molar-refractivity contribution is 7.14. The van der Waals surface area contributed by atoms with Crippen LogP contribution in [0, 0.1) is 5.82 Å². The smallest absolute Gasteiger partial charge is 0.284 e. The van der Waals surface area contributed by atoms with Crippen molar-refractivity contribution in [3.8, 4) is 0 Å². The van der Waals surface area contributed by atoms with Gasteiger partial charge in [-0.2, -0.15) is 0 Å². The van der Waals surface area contributed by atoms with Crippen LogP contribution in [0.4, 0.5) is 4.39 Å². The number of hydrogen-bond acceptors (Lipinski definition) is 5. The molecule has 2 atom stereocenters. The number of nitrogens with zero attached hydrogens (tertiary/aromatic N) is 1. The van der Waals surface area contributed by atoms with Gasteiger partial charge in [-0.15, -0.1) is 11.3 Å². The van der Waals surface area contributed by atoms with Crippen molar-refractivity contribution in [3.63, 3.8) is 0 Å². The van der Waals surface area contributed by atoms with E-state index in [2.05, 4.69) is 5.32 Å². The van der Waals surface area contributed by atoms with Crippen molar-refractivity contribution in [2.45, 2.75) is 31.3 Å². The molecule has 1 aromatic heterocycles. The average molecular weight is 389 g/mol. The zero-order chi connectivity index (χ0) is 19.0. The highest BCUT2D eigenvalue weighted by atomic mass is 32.1. The second-order valence-electron chi connectivity index (χ2n) is 6.95. The molecule has 1 aromatic carbocycles. The van der Waals surface area contributed by atoms with Crippen molar-refractivity contribution in [1.29, 1.82) is 0 Å². The van der Waals surface area contributed by atoms with Gasteiger partial charge in [-0.25, -0.2) is 9.87 Å². The molecule has 0 radical (unpaired) electrons. The summed E-state index contributed by atoms with van der Waals surface area (Å²) < 4.78 is 13.0. The van der Waals surface area contributed by atoms with Gasteiger partial charge < -0.3 is 10.2 Å². The molecule has 8 heteroatoms. The molecule has 4 rings (SSSR count). The Morgan fingerprint density at radius 3 is 2.81 bits per heavy atom.